The van der Waals surface area contributed by atoms with E-state index in [0.29, 0.717) is 18.4 Å². The normalized spacial score (nSPS) is 14.5. The lowest BCUT2D eigenvalue weighted by Crippen LogP contribution is -2.51. The number of hydrogen-bond donors (Lipinski definition) is 1. The summed E-state index contributed by atoms with van der Waals surface area (Å²) in [6, 6.07) is 8.75. The summed E-state index contributed by atoms with van der Waals surface area (Å²) in [6.45, 7) is 6.84. The fraction of sp³-hybridized carbons (Fsp3) is 0.409. The van der Waals surface area contributed by atoms with E-state index in [1.165, 1.54) is 24.4 Å². The summed E-state index contributed by atoms with van der Waals surface area (Å²) in [5, 5.41) is 10.7. The molecule has 0 aliphatic carbocycles. The van der Waals surface area contributed by atoms with Gasteiger partial charge in [0.15, 0.2) is 5.60 Å². The Morgan fingerprint density at radius 1 is 1.14 bits per heavy atom. The monoisotopic (exact) mass is 395 g/mol. The van der Waals surface area contributed by atoms with Gasteiger partial charge in [0, 0.05) is 18.3 Å². The third-order valence-corrected chi connectivity index (χ3v) is 4.88. The van der Waals surface area contributed by atoms with Crippen molar-refractivity contribution < 1.29 is 22.7 Å². The molecule has 0 amide bonds. The molecule has 1 unspecified atom stereocenters. The maximum atomic E-state index is 13.9. The Morgan fingerprint density at radius 3 is 2.43 bits per heavy atom. The third-order valence-electron chi connectivity index (χ3n) is 4.88. The largest absolute Gasteiger partial charge is 0.417 e. The molecule has 6 heteroatoms. The van der Waals surface area contributed by atoms with E-state index >= 15 is 0 Å². The second-order valence-electron chi connectivity index (χ2n) is 7.72. The number of aryl methyl sites for hydroxylation is 1. The zero-order chi connectivity index (χ0) is 21.0. The van der Waals surface area contributed by atoms with Crippen LogP contribution in [0.4, 0.5) is 17.6 Å². The summed E-state index contributed by atoms with van der Waals surface area (Å²) in [5.41, 5.74) is -2.78. The molecule has 1 aromatic heterocycles. The quantitative estimate of drug-likeness (QED) is 0.470. The van der Waals surface area contributed by atoms with Crippen molar-refractivity contribution in [2.75, 3.05) is 0 Å². The lowest BCUT2D eigenvalue weighted by molar-refractivity contribution is -0.266. The van der Waals surface area contributed by atoms with Gasteiger partial charge in [0.2, 0.25) is 0 Å². The van der Waals surface area contributed by atoms with E-state index in [9.17, 15) is 22.7 Å². The van der Waals surface area contributed by atoms with Crippen molar-refractivity contribution in [1.29, 1.82) is 0 Å². The second kappa shape index (κ2) is 8.43. The number of hydrogen-bond acceptors (Lipinski definition) is 2. The van der Waals surface area contributed by atoms with E-state index in [1.807, 2.05) is 0 Å². The summed E-state index contributed by atoms with van der Waals surface area (Å²) in [4.78, 5) is 3.92. The van der Waals surface area contributed by atoms with Crippen LogP contribution < -0.4 is 0 Å². The van der Waals surface area contributed by atoms with Crippen LogP contribution in [-0.2, 0) is 18.3 Å². The lowest BCUT2D eigenvalue weighted by Gasteiger charge is -2.38. The first kappa shape index (κ1) is 22.1. The number of nitrogens with zero attached hydrogens (tertiary/aromatic N) is 1. The zero-order valence-corrected chi connectivity index (χ0v) is 16.1. The van der Waals surface area contributed by atoms with Crippen LogP contribution in [0.3, 0.4) is 0 Å². The summed E-state index contributed by atoms with van der Waals surface area (Å²) in [5.74, 6) is -0.522. The molecule has 1 N–H and O–H groups in total. The fourth-order valence-electron chi connectivity index (χ4n) is 3.55. The molecule has 1 heterocycles. The van der Waals surface area contributed by atoms with Crippen molar-refractivity contribution in [1.82, 2.24) is 4.98 Å². The highest BCUT2D eigenvalue weighted by Crippen LogP contribution is 2.43. The van der Waals surface area contributed by atoms with Gasteiger partial charge in [0.05, 0.1) is 0 Å². The number of pyridine rings is 1. The van der Waals surface area contributed by atoms with Crippen LogP contribution in [0.15, 0.2) is 55.3 Å². The minimum Gasteiger partial charge on any atom is -0.380 e. The molecular formula is C22H25F4NO. The maximum absolute atomic E-state index is 13.9. The molecule has 0 spiro atoms. The number of benzene rings is 1. The van der Waals surface area contributed by atoms with Gasteiger partial charge < -0.3 is 5.11 Å². The van der Waals surface area contributed by atoms with E-state index in [4.69, 9.17) is 0 Å². The molecule has 2 aromatic rings. The molecule has 0 aliphatic rings. The molecule has 0 saturated carbocycles. The minimum absolute atomic E-state index is 0.143. The minimum atomic E-state index is -4.86. The second-order valence-corrected chi connectivity index (χ2v) is 7.72. The number of rotatable bonds is 8. The van der Waals surface area contributed by atoms with Crippen molar-refractivity contribution in [2.45, 2.75) is 56.7 Å². The Morgan fingerprint density at radius 2 is 1.86 bits per heavy atom. The highest BCUT2D eigenvalue weighted by molar-refractivity contribution is 5.35. The third kappa shape index (κ3) is 5.19. The van der Waals surface area contributed by atoms with Gasteiger partial charge in [0.25, 0.3) is 0 Å². The van der Waals surface area contributed by atoms with Crippen molar-refractivity contribution in [3.8, 4) is 0 Å². The first-order valence-electron chi connectivity index (χ1n) is 9.07. The van der Waals surface area contributed by atoms with Crippen LogP contribution in [0.1, 0.15) is 43.5 Å². The highest BCUT2D eigenvalue weighted by atomic mass is 19.4. The van der Waals surface area contributed by atoms with Crippen molar-refractivity contribution >= 4 is 0 Å². The van der Waals surface area contributed by atoms with Gasteiger partial charge in [0.1, 0.15) is 5.82 Å². The molecule has 2 nitrogen and oxygen atoms in total. The van der Waals surface area contributed by atoms with E-state index in [0.717, 1.165) is 5.56 Å². The van der Waals surface area contributed by atoms with Crippen LogP contribution >= 0.6 is 0 Å². The van der Waals surface area contributed by atoms with E-state index in [2.05, 4.69) is 11.6 Å². The average Bonchev–Trinajstić information content (AvgIpc) is 2.60. The lowest BCUT2D eigenvalue weighted by atomic mass is 9.71. The molecule has 1 aromatic carbocycles. The Kier molecular flexibility index (Phi) is 6.65. The topological polar surface area (TPSA) is 33.1 Å². The Bertz CT molecular complexity index is 802. The molecule has 0 radical (unpaired) electrons. The van der Waals surface area contributed by atoms with Crippen LogP contribution in [-0.4, -0.2) is 21.9 Å². The first-order chi connectivity index (χ1) is 13.0. The molecule has 152 valence electrons. The molecule has 0 fully saturated rings. The molecule has 0 saturated heterocycles. The van der Waals surface area contributed by atoms with E-state index < -0.39 is 35.9 Å². The summed E-state index contributed by atoms with van der Waals surface area (Å²) in [7, 11) is 0. The van der Waals surface area contributed by atoms with Crippen LogP contribution in [0.25, 0.3) is 0 Å². The van der Waals surface area contributed by atoms with Gasteiger partial charge in [-0.1, -0.05) is 32.1 Å². The van der Waals surface area contributed by atoms with Crippen molar-refractivity contribution in [2.24, 2.45) is 0 Å². The number of aromatic nitrogens is 1. The van der Waals surface area contributed by atoms with Crippen LogP contribution in [0, 0.1) is 5.82 Å². The van der Waals surface area contributed by atoms with Crippen LogP contribution in [0.5, 0.6) is 0 Å². The van der Waals surface area contributed by atoms with Gasteiger partial charge in [-0.25, -0.2) is 4.39 Å². The molecule has 1 atom stereocenters. The van der Waals surface area contributed by atoms with Gasteiger partial charge in [-0.15, -0.1) is 6.58 Å². The predicted molar refractivity (Wildman–Crippen MR) is 102 cm³/mol. The van der Waals surface area contributed by atoms with Crippen LogP contribution in [0.2, 0.25) is 0 Å². The molecule has 2 rings (SSSR count). The first-order valence-corrected chi connectivity index (χ1v) is 9.07. The standard InChI is InChI=1S/C22H25F4NO/c1-4-5-8-16-10-11-17(23)13-19(16)20(2,3)15-21(28,22(24,25)26)14-18-9-6-7-12-27-18/h4,6-7,9-13,28H,1,5,8,14-15H2,2-3H3. The molecule has 0 aliphatic heterocycles. The van der Waals surface area contributed by atoms with Gasteiger partial charge in [-0.3, -0.25) is 4.98 Å². The Labute approximate surface area is 162 Å². The van der Waals surface area contributed by atoms with E-state index in [1.54, 1.807) is 38.1 Å². The fourth-order valence-corrected chi connectivity index (χ4v) is 3.55. The molecule has 28 heavy (non-hydrogen) atoms. The summed E-state index contributed by atoms with van der Waals surface area (Å²) >= 11 is 0. The van der Waals surface area contributed by atoms with Gasteiger partial charge >= 0.3 is 6.18 Å². The van der Waals surface area contributed by atoms with E-state index in [-0.39, 0.29) is 5.69 Å². The van der Waals surface area contributed by atoms with Crippen molar-refractivity contribution in [3.05, 3.63) is 77.9 Å². The summed E-state index contributed by atoms with van der Waals surface area (Å²) < 4.78 is 55.5. The summed E-state index contributed by atoms with van der Waals surface area (Å²) in [6.07, 6.45) is -1.91. The predicted octanol–water partition coefficient (Wildman–Crippen LogP) is 5.54. The average molecular weight is 395 g/mol. The Balaban J connectivity index is 2.43. The SMILES string of the molecule is C=CCCc1ccc(F)cc1C(C)(C)CC(O)(Cc1ccccn1)C(F)(F)F. The Hall–Kier alpha value is -2.21. The number of allylic oxidation sites excluding steroid dienone is 1. The number of aliphatic hydroxyl groups is 1. The number of halogens is 4. The van der Waals surface area contributed by atoms with Gasteiger partial charge in [-0.05, 0) is 60.1 Å². The van der Waals surface area contributed by atoms with Crippen molar-refractivity contribution in [3.63, 3.8) is 0 Å². The molecular weight excluding hydrogens is 370 g/mol. The zero-order valence-electron chi connectivity index (χ0n) is 16.1. The van der Waals surface area contributed by atoms with Gasteiger partial charge in [-0.2, -0.15) is 13.2 Å². The smallest absolute Gasteiger partial charge is 0.380 e. The maximum Gasteiger partial charge on any atom is 0.417 e. The highest BCUT2D eigenvalue weighted by Gasteiger charge is 2.56. The molecule has 0 bridgehead atoms. The number of alkyl halides is 3.